The van der Waals surface area contributed by atoms with Crippen LogP contribution in [0.1, 0.15) is 54.3 Å². The lowest BCUT2D eigenvalue weighted by Gasteiger charge is -2.11. The van der Waals surface area contributed by atoms with Gasteiger partial charge in [0.05, 0.1) is 57.0 Å². The molecule has 0 aliphatic heterocycles. The van der Waals surface area contributed by atoms with E-state index >= 15 is 0 Å². The molecule has 3 heterocycles. The SMILES string of the molecule is N#Cc1cc(Cc2ccc(NC(=O)c3sc4nc(N)c(C#N)cc4c3N)c(C#N)c2)ccc1NC(=O)Cc1nc(N)c(C#N)cc1C#N. The Bertz CT molecular complexity index is 2400. The highest BCUT2D eigenvalue weighted by molar-refractivity contribution is 7.21. The Kier molecular flexibility index (Phi) is 8.79. The number of aromatic nitrogens is 2. The smallest absolute Gasteiger partial charge is 0.267 e. The molecular formula is C33H20N12O2S. The maximum absolute atomic E-state index is 13.1. The number of rotatable bonds is 7. The van der Waals surface area contributed by atoms with Gasteiger partial charge in [0.15, 0.2) is 0 Å². The number of anilines is 5. The topological polar surface area (TPSA) is 281 Å². The zero-order valence-corrected chi connectivity index (χ0v) is 25.4. The van der Waals surface area contributed by atoms with Gasteiger partial charge in [0, 0.05) is 5.39 Å². The molecule has 0 atom stereocenters. The Labute approximate surface area is 276 Å². The van der Waals surface area contributed by atoms with Gasteiger partial charge in [-0.05, 0) is 53.9 Å². The second-order valence-corrected chi connectivity index (χ2v) is 11.2. The number of carbonyl (C=O) groups excluding carboxylic acids is 2. The lowest BCUT2D eigenvalue weighted by Crippen LogP contribution is -2.17. The number of nitriles is 5. The third kappa shape index (κ3) is 6.32. The molecule has 2 aromatic carbocycles. The molecule has 0 spiro atoms. The zero-order chi connectivity index (χ0) is 34.5. The van der Waals surface area contributed by atoms with Crippen molar-refractivity contribution < 1.29 is 9.59 Å². The predicted octanol–water partition coefficient (Wildman–Crippen LogP) is 3.82. The molecule has 0 radical (unpaired) electrons. The van der Waals surface area contributed by atoms with E-state index in [9.17, 15) is 30.6 Å². The fourth-order valence-electron chi connectivity index (χ4n) is 4.77. The van der Waals surface area contributed by atoms with Crippen LogP contribution in [-0.4, -0.2) is 21.8 Å². The number of fused-ring (bicyclic) bond motifs is 1. The van der Waals surface area contributed by atoms with E-state index in [0.29, 0.717) is 27.8 Å². The summed E-state index contributed by atoms with van der Waals surface area (Å²) in [6, 6.07) is 22.3. The fourth-order valence-corrected chi connectivity index (χ4v) is 5.75. The van der Waals surface area contributed by atoms with Gasteiger partial charge in [-0.15, -0.1) is 11.3 Å². The maximum Gasteiger partial charge on any atom is 0.267 e. The molecule has 3 aromatic heterocycles. The average Bonchev–Trinajstić information content (AvgIpc) is 3.40. The van der Waals surface area contributed by atoms with Crippen LogP contribution >= 0.6 is 11.3 Å². The molecular weight excluding hydrogens is 629 g/mol. The first-order chi connectivity index (χ1) is 23.1. The van der Waals surface area contributed by atoms with Crippen molar-refractivity contribution in [1.82, 2.24) is 9.97 Å². The first-order valence-corrected chi connectivity index (χ1v) is 14.6. The second kappa shape index (κ2) is 13.2. The van der Waals surface area contributed by atoms with E-state index in [1.165, 1.54) is 12.1 Å². The molecule has 0 aliphatic rings. The second-order valence-electron chi connectivity index (χ2n) is 10.2. The van der Waals surface area contributed by atoms with Gasteiger partial charge in [-0.2, -0.15) is 26.3 Å². The summed E-state index contributed by atoms with van der Waals surface area (Å²) in [4.78, 5) is 34.6. The van der Waals surface area contributed by atoms with Gasteiger partial charge < -0.3 is 27.8 Å². The van der Waals surface area contributed by atoms with E-state index < -0.39 is 11.8 Å². The zero-order valence-electron chi connectivity index (χ0n) is 24.6. The average molecular weight is 649 g/mol. The molecule has 0 aliphatic carbocycles. The molecule has 0 fully saturated rings. The molecule has 15 heteroatoms. The number of thiophene rings is 1. The quantitative estimate of drug-likeness (QED) is 0.168. The van der Waals surface area contributed by atoms with Crippen LogP contribution in [0, 0.1) is 56.7 Å². The lowest BCUT2D eigenvalue weighted by molar-refractivity contribution is -0.115. The molecule has 0 unspecified atom stereocenters. The van der Waals surface area contributed by atoms with Crippen LogP contribution in [0.25, 0.3) is 10.2 Å². The minimum absolute atomic E-state index is 0.0254. The summed E-state index contributed by atoms with van der Waals surface area (Å²) in [6.07, 6.45) is 0.0117. The summed E-state index contributed by atoms with van der Waals surface area (Å²) >= 11 is 1.01. The van der Waals surface area contributed by atoms with Crippen molar-refractivity contribution in [2.75, 3.05) is 27.8 Å². The van der Waals surface area contributed by atoms with E-state index in [2.05, 4.69) is 32.7 Å². The van der Waals surface area contributed by atoms with Gasteiger partial charge in [0.1, 0.15) is 51.7 Å². The summed E-state index contributed by atoms with van der Waals surface area (Å²) in [5.74, 6) is -1.18. The normalized spacial score (nSPS) is 10.1. The Morgan fingerprint density at radius 1 is 0.688 bits per heavy atom. The summed E-state index contributed by atoms with van der Waals surface area (Å²) in [7, 11) is 0. The Morgan fingerprint density at radius 3 is 1.81 bits per heavy atom. The number of carbonyl (C=O) groups is 2. The number of nitrogens with two attached hydrogens (primary N) is 3. The van der Waals surface area contributed by atoms with Crippen molar-refractivity contribution >= 4 is 62.1 Å². The molecule has 2 amide bonds. The minimum Gasteiger partial charge on any atom is -0.397 e. The van der Waals surface area contributed by atoms with Crippen LogP contribution in [-0.2, 0) is 17.6 Å². The molecule has 0 bridgehead atoms. The fraction of sp³-hybridized carbons (Fsp3) is 0.0606. The molecule has 230 valence electrons. The van der Waals surface area contributed by atoms with Crippen molar-refractivity contribution in [3.05, 3.63) is 98.0 Å². The Morgan fingerprint density at radius 2 is 1.23 bits per heavy atom. The van der Waals surface area contributed by atoms with Crippen molar-refractivity contribution in [1.29, 1.82) is 26.3 Å². The van der Waals surface area contributed by atoms with Gasteiger partial charge in [-0.1, -0.05) is 12.1 Å². The number of nitrogens with zero attached hydrogens (tertiary/aromatic N) is 7. The van der Waals surface area contributed by atoms with Gasteiger partial charge in [-0.3, -0.25) is 9.59 Å². The van der Waals surface area contributed by atoms with Crippen LogP contribution in [0.2, 0.25) is 0 Å². The summed E-state index contributed by atoms with van der Waals surface area (Å²) in [5.41, 5.74) is 20.4. The van der Waals surface area contributed by atoms with Crippen LogP contribution in [0.15, 0.2) is 48.5 Å². The van der Waals surface area contributed by atoms with Crippen molar-refractivity contribution in [2.45, 2.75) is 12.8 Å². The highest BCUT2D eigenvalue weighted by Crippen LogP contribution is 2.35. The lowest BCUT2D eigenvalue weighted by atomic mass is 9.99. The van der Waals surface area contributed by atoms with E-state index in [-0.39, 0.29) is 73.5 Å². The number of nitrogens with one attached hydrogen (secondary N) is 2. The summed E-state index contributed by atoms with van der Waals surface area (Å²) in [6.45, 7) is 0. The van der Waals surface area contributed by atoms with Crippen LogP contribution in [0.3, 0.4) is 0 Å². The molecule has 14 nitrogen and oxygen atoms in total. The number of hydrogen-bond donors (Lipinski definition) is 5. The van der Waals surface area contributed by atoms with Gasteiger partial charge in [0.2, 0.25) is 5.91 Å². The van der Waals surface area contributed by atoms with Crippen LogP contribution in [0.4, 0.5) is 28.7 Å². The summed E-state index contributed by atoms with van der Waals surface area (Å²) in [5, 5.41) is 53.1. The minimum atomic E-state index is -0.560. The van der Waals surface area contributed by atoms with Gasteiger partial charge >= 0.3 is 0 Å². The first-order valence-electron chi connectivity index (χ1n) is 13.7. The predicted molar refractivity (Wildman–Crippen MR) is 177 cm³/mol. The third-order valence-corrected chi connectivity index (χ3v) is 8.23. The molecule has 8 N–H and O–H groups in total. The van der Waals surface area contributed by atoms with Crippen molar-refractivity contribution in [2.24, 2.45) is 0 Å². The van der Waals surface area contributed by atoms with Crippen molar-refractivity contribution in [3.63, 3.8) is 0 Å². The van der Waals surface area contributed by atoms with E-state index in [1.54, 1.807) is 36.4 Å². The molecule has 5 rings (SSSR count). The number of nitrogen functional groups attached to an aromatic ring is 3. The van der Waals surface area contributed by atoms with Crippen LogP contribution < -0.4 is 27.8 Å². The first kappa shape index (κ1) is 31.9. The Hall–Kier alpha value is -7.51. The molecule has 0 saturated carbocycles. The highest BCUT2D eigenvalue weighted by atomic mass is 32.1. The number of benzene rings is 2. The number of hydrogen-bond acceptors (Lipinski definition) is 13. The summed E-state index contributed by atoms with van der Waals surface area (Å²) < 4.78 is 0. The number of amides is 2. The largest absolute Gasteiger partial charge is 0.397 e. The third-order valence-electron chi connectivity index (χ3n) is 7.12. The van der Waals surface area contributed by atoms with Crippen molar-refractivity contribution in [3.8, 4) is 30.3 Å². The molecule has 48 heavy (non-hydrogen) atoms. The van der Waals surface area contributed by atoms with E-state index in [0.717, 1.165) is 11.3 Å². The van der Waals surface area contributed by atoms with Gasteiger partial charge in [0.25, 0.3) is 5.91 Å². The Balaban J connectivity index is 1.30. The maximum atomic E-state index is 13.1. The molecule has 5 aromatic rings. The van der Waals surface area contributed by atoms with Crippen LogP contribution in [0.5, 0.6) is 0 Å². The highest BCUT2D eigenvalue weighted by Gasteiger charge is 2.20. The standard InChI is InChI=1S/C33H20N12O2S/c34-11-18-6-16(1-3-24(18)42-27(46)10-26-20(13-36)8-21(14-37)30(40)43-26)5-17-2-4-25(19(7-17)12-35)44-32(47)29-28(39)23-9-22(15-38)31(41)45-33(23)48-29/h1-4,6-9H,5,10,39H2,(H2,40,43)(H2,41,45)(H,42,46)(H,44,47). The monoisotopic (exact) mass is 648 g/mol. The van der Waals surface area contributed by atoms with E-state index in [1.807, 2.05) is 18.2 Å². The number of pyridine rings is 2. The molecule has 0 saturated heterocycles. The van der Waals surface area contributed by atoms with E-state index in [4.69, 9.17) is 22.5 Å². The van der Waals surface area contributed by atoms with Gasteiger partial charge in [-0.25, -0.2) is 9.97 Å².